The van der Waals surface area contributed by atoms with Crippen molar-refractivity contribution < 1.29 is 9.53 Å². The van der Waals surface area contributed by atoms with Gasteiger partial charge < -0.3 is 10.5 Å². The summed E-state index contributed by atoms with van der Waals surface area (Å²) in [6.07, 6.45) is 6.99. The van der Waals surface area contributed by atoms with E-state index in [2.05, 4.69) is 11.8 Å². The molecule has 4 atom stereocenters. The van der Waals surface area contributed by atoms with E-state index in [1.165, 1.54) is 32.8 Å². The summed E-state index contributed by atoms with van der Waals surface area (Å²) in [6.45, 7) is 4.04. The summed E-state index contributed by atoms with van der Waals surface area (Å²) in [6, 6.07) is 0.454. The van der Waals surface area contributed by atoms with E-state index in [-0.39, 0.29) is 12.0 Å². The van der Waals surface area contributed by atoms with Crippen LogP contribution in [0.1, 0.15) is 45.4 Å². The van der Waals surface area contributed by atoms with Crippen LogP contribution in [-0.4, -0.2) is 43.2 Å². The number of nitrogens with zero attached hydrogens (tertiary/aromatic N) is 1. The molecule has 0 bridgehead atoms. The van der Waals surface area contributed by atoms with Crippen LogP contribution in [0.4, 0.5) is 0 Å². The molecule has 2 aliphatic rings. The van der Waals surface area contributed by atoms with E-state index < -0.39 is 0 Å². The number of esters is 1. The third-order valence-corrected chi connectivity index (χ3v) is 5.14. The van der Waals surface area contributed by atoms with Gasteiger partial charge in [0.05, 0.1) is 7.11 Å². The second-order valence-electron chi connectivity index (χ2n) is 6.07. The van der Waals surface area contributed by atoms with Gasteiger partial charge in [-0.05, 0) is 50.6 Å². The standard InChI is InChI=1S/C15H28N2O2/c1-3-11-6-7-12(10-16)14(9-11)17-8-4-5-13(17)15(18)19-2/h11-14H,3-10,16H2,1-2H3. The predicted octanol–water partition coefficient (Wildman–Crippen LogP) is 1.78. The summed E-state index contributed by atoms with van der Waals surface area (Å²) in [4.78, 5) is 14.3. The summed E-state index contributed by atoms with van der Waals surface area (Å²) >= 11 is 0. The number of carbonyl (C=O) groups is 1. The first-order chi connectivity index (χ1) is 9.21. The second-order valence-corrected chi connectivity index (χ2v) is 6.07. The third kappa shape index (κ3) is 3.11. The maximum atomic E-state index is 11.9. The maximum absolute atomic E-state index is 11.9. The lowest BCUT2D eigenvalue weighted by Gasteiger charge is -2.42. The number of ether oxygens (including phenoxy) is 1. The van der Waals surface area contributed by atoms with Crippen molar-refractivity contribution in [2.45, 2.75) is 57.5 Å². The SMILES string of the molecule is CCC1CCC(CN)C(N2CCCC2C(=O)OC)C1. The number of hydrogen-bond acceptors (Lipinski definition) is 4. The van der Waals surface area contributed by atoms with Crippen molar-refractivity contribution in [3.8, 4) is 0 Å². The largest absolute Gasteiger partial charge is 0.468 e. The van der Waals surface area contributed by atoms with E-state index in [9.17, 15) is 4.79 Å². The lowest BCUT2D eigenvalue weighted by atomic mass is 9.76. The molecule has 1 heterocycles. The van der Waals surface area contributed by atoms with Crippen molar-refractivity contribution in [2.24, 2.45) is 17.6 Å². The van der Waals surface area contributed by atoms with Gasteiger partial charge in [0.15, 0.2) is 0 Å². The molecule has 2 fully saturated rings. The number of hydrogen-bond donors (Lipinski definition) is 1. The van der Waals surface area contributed by atoms with Gasteiger partial charge in [-0.15, -0.1) is 0 Å². The maximum Gasteiger partial charge on any atom is 0.323 e. The Morgan fingerprint density at radius 3 is 2.79 bits per heavy atom. The van der Waals surface area contributed by atoms with E-state index in [4.69, 9.17) is 10.5 Å². The van der Waals surface area contributed by atoms with Gasteiger partial charge in [0, 0.05) is 6.04 Å². The minimum Gasteiger partial charge on any atom is -0.468 e. The Morgan fingerprint density at radius 2 is 2.16 bits per heavy atom. The minimum atomic E-state index is -0.0631. The summed E-state index contributed by atoms with van der Waals surface area (Å²) in [5, 5.41) is 0. The van der Waals surface area contributed by atoms with Gasteiger partial charge in [-0.1, -0.05) is 19.8 Å². The van der Waals surface area contributed by atoms with Crippen molar-refractivity contribution in [1.29, 1.82) is 0 Å². The first kappa shape index (κ1) is 14.8. The van der Waals surface area contributed by atoms with Gasteiger partial charge in [0.1, 0.15) is 6.04 Å². The minimum absolute atomic E-state index is 0.0281. The summed E-state index contributed by atoms with van der Waals surface area (Å²) in [7, 11) is 1.50. The molecule has 4 nitrogen and oxygen atoms in total. The van der Waals surface area contributed by atoms with Crippen LogP contribution in [0.15, 0.2) is 0 Å². The average molecular weight is 268 g/mol. The molecular weight excluding hydrogens is 240 g/mol. The Bertz CT molecular complexity index is 309. The van der Waals surface area contributed by atoms with Crippen LogP contribution in [0, 0.1) is 11.8 Å². The first-order valence-corrected chi connectivity index (χ1v) is 7.74. The number of rotatable bonds is 4. The van der Waals surface area contributed by atoms with E-state index in [1.807, 2.05) is 0 Å². The van der Waals surface area contributed by atoms with Crippen LogP contribution in [0.2, 0.25) is 0 Å². The van der Waals surface area contributed by atoms with Gasteiger partial charge in [0.25, 0.3) is 0 Å². The third-order valence-electron chi connectivity index (χ3n) is 5.14. The van der Waals surface area contributed by atoms with Gasteiger partial charge >= 0.3 is 5.97 Å². The molecule has 19 heavy (non-hydrogen) atoms. The topological polar surface area (TPSA) is 55.6 Å². The molecule has 0 aromatic heterocycles. The highest BCUT2D eigenvalue weighted by molar-refractivity contribution is 5.76. The predicted molar refractivity (Wildman–Crippen MR) is 75.7 cm³/mol. The van der Waals surface area contributed by atoms with Crippen molar-refractivity contribution in [3.63, 3.8) is 0 Å². The van der Waals surface area contributed by atoms with Gasteiger partial charge in [0.2, 0.25) is 0 Å². The molecule has 2 rings (SSSR count). The van der Waals surface area contributed by atoms with E-state index in [0.717, 1.165) is 31.8 Å². The summed E-state index contributed by atoms with van der Waals surface area (Å²) < 4.78 is 4.97. The lowest BCUT2D eigenvalue weighted by molar-refractivity contribution is -0.147. The normalized spacial score (nSPS) is 36.4. The van der Waals surface area contributed by atoms with Gasteiger partial charge in [-0.2, -0.15) is 0 Å². The number of methoxy groups -OCH3 is 1. The zero-order chi connectivity index (χ0) is 13.8. The van der Waals surface area contributed by atoms with Gasteiger partial charge in [-0.3, -0.25) is 9.69 Å². The smallest absolute Gasteiger partial charge is 0.323 e. The molecule has 0 spiro atoms. The molecule has 1 saturated carbocycles. The van der Waals surface area contributed by atoms with Crippen LogP contribution in [0.25, 0.3) is 0 Å². The quantitative estimate of drug-likeness (QED) is 0.790. The Labute approximate surface area is 116 Å². The Hall–Kier alpha value is -0.610. The number of carbonyl (C=O) groups excluding carboxylic acids is 1. The second kappa shape index (κ2) is 6.71. The molecule has 0 aromatic rings. The highest BCUT2D eigenvalue weighted by Crippen LogP contribution is 2.36. The molecule has 1 saturated heterocycles. The van der Waals surface area contributed by atoms with Crippen molar-refractivity contribution in [3.05, 3.63) is 0 Å². The molecule has 0 radical (unpaired) electrons. The highest BCUT2D eigenvalue weighted by atomic mass is 16.5. The van der Waals surface area contributed by atoms with E-state index in [1.54, 1.807) is 0 Å². The first-order valence-electron chi connectivity index (χ1n) is 7.74. The molecule has 4 heteroatoms. The zero-order valence-electron chi connectivity index (χ0n) is 12.3. The van der Waals surface area contributed by atoms with Crippen molar-refractivity contribution >= 4 is 5.97 Å². The van der Waals surface area contributed by atoms with Crippen LogP contribution >= 0.6 is 0 Å². The van der Waals surface area contributed by atoms with E-state index >= 15 is 0 Å². The molecule has 4 unspecified atom stereocenters. The molecule has 110 valence electrons. The molecular formula is C15H28N2O2. The summed E-state index contributed by atoms with van der Waals surface area (Å²) in [5.41, 5.74) is 5.96. The van der Waals surface area contributed by atoms with Crippen LogP contribution in [0.5, 0.6) is 0 Å². The lowest BCUT2D eigenvalue weighted by Crippen LogP contribution is -2.51. The van der Waals surface area contributed by atoms with Crippen LogP contribution < -0.4 is 5.73 Å². The summed E-state index contributed by atoms with van der Waals surface area (Å²) in [5.74, 6) is 1.28. The van der Waals surface area contributed by atoms with E-state index in [0.29, 0.717) is 12.0 Å². The molecule has 0 aromatic carbocycles. The zero-order valence-corrected chi connectivity index (χ0v) is 12.3. The van der Waals surface area contributed by atoms with Crippen LogP contribution in [0.3, 0.4) is 0 Å². The Kier molecular flexibility index (Phi) is 5.22. The monoisotopic (exact) mass is 268 g/mol. The number of likely N-dealkylation sites (tertiary alicyclic amines) is 1. The molecule has 1 aliphatic heterocycles. The van der Waals surface area contributed by atoms with Crippen molar-refractivity contribution in [1.82, 2.24) is 4.90 Å². The van der Waals surface area contributed by atoms with Crippen LogP contribution in [-0.2, 0) is 9.53 Å². The fourth-order valence-corrected chi connectivity index (χ4v) is 3.92. The number of nitrogens with two attached hydrogens (primary N) is 1. The molecule has 2 N–H and O–H groups in total. The molecule has 0 amide bonds. The Balaban J connectivity index is 2.09. The Morgan fingerprint density at radius 1 is 1.37 bits per heavy atom. The van der Waals surface area contributed by atoms with Gasteiger partial charge in [-0.25, -0.2) is 0 Å². The average Bonchev–Trinajstić information content (AvgIpc) is 2.94. The molecule has 1 aliphatic carbocycles. The fraction of sp³-hybridized carbons (Fsp3) is 0.933. The fourth-order valence-electron chi connectivity index (χ4n) is 3.92. The highest BCUT2D eigenvalue weighted by Gasteiger charge is 2.41. The van der Waals surface area contributed by atoms with Crippen molar-refractivity contribution in [2.75, 3.05) is 20.2 Å².